The zero-order chi connectivity index (χ0) is 14.1. The lowest BCUT2D eigenvalue weighted by Crippen LogP contribution is -2.04. The highest BCUT2D eigenvalue weighted by Gasteiger charge is 2.08. The van der Waals surface area contributed by atoms with E-state index in [4.69, 9.17) is 0 Å². The third-order valence-electron chi connectivity index (χ3n) is 3.81. The van der Waals surface area contributed by atoms with E-state index in [-0.39, 0.29) is 5.78 Å². The first-order valence-electron chi connectivity index (χ1n) is 6.80. The van der Waals surface area contributed by atoms with E-state index < -0.39 is 0 Å². The van der Waals surface area contributed by atoms with E-state index in [9.17, 15) is 4.79 Å². The van der Waals surface area contributed by atoms with Gasteiger partial charge in [-0.1, -0.05) is 18.2 Å². The molecule has 1 heterocycles. The molecule has 0 aliphatic rings. The van der Waals surface area contributed by atoms with Gasteiger partial charge in [0.05, 0.1) is 0 Å². The summed E-state index contributed by atoms with van der Waals surface area (Å²) in [4.78, 5) is 15.5. The highest BCUT2D eigenvalue weighted by molar-refractivity contribution is 5.98. The minimum absolute atomic E-state index is 0.169. The molecule has 20 heavy (non-hydrogen) atoms. The van der Waals surface area contributed by atoms with Crippen LogP contribution in [0.3, 0.4) is 0 Å². The Morgan fingerprint density at radius 3 is 2.65 bits per heavy atom. The second-order valence-electron chi connectivity index (χ2n) is 5.30. The predicted molar refractivity (Wildman–Crippen MR) is 82.2 cm³/mol. The Kier molecular flexibility index (Phi) is 3.15. The van der Waals surface area contributed by atoms with Crippen molar-refractivity contribution in [2.45, 2.75) is 20.3 Å². The van der Waals surface area contributed by atoms with E-state index >= 15 is 0 Å². The highest BCUT2D eigenvalue weighted by atomic mass is 16.1. The molecule has 2 nitrogen and oxygen atoms in total. The predicted octanol–water partition coefficient (Wildman–Crippen LogP) is 4.21. The first-order chi connectivity index (χ1) is 9.63. The van der Waals surface area contributed by atoms with Crippen LogP contribution in [0.4, 0.5) is 0 Å². The summed E-state index contributed by atoms with van der Waals surface area (Å²) >= 11 is 0. The maximum absolute atomic E-state index is 12.3. The van der Waals surface area contributed by atoms with Crippen LogP contribution in [0.2, 0.25) is 0 Å². The van der Waals surface area contributed by atoms with E-state index in [0.717, 1.165) is 27.6 Å². The molecule has 3 aromatic rings. The number of ketones is 1. The zero-order valence-corrected chi connectivity index (χ0v) is 11.7. The molecule has 3 rings (SSSR count). The molecule has 1 N–H and O–H groups in total. The zero-order valence-electron chi connectivity index (χ0n) is 11.7. The SMILES string of the molecule is Cc1ccc(C(=O)Cc2ccc3[nH]ccc3c2)cc1C. The summed E-state index contributed by atoms with van der Waals surface area (Å²) in [5, 5.41) is 1.15. The summed E-state index contributed by atoms with van der Waals surface area (Å²) < 4.78 is 0. The van der Waals surface area contributed by atoms with Crippen LogP contribution in [-0.2, 0) is 6.42 Å². The van der Waals surface area contributed by atoms with Crippen molar-refractivity contribution in [2.24, 2.45) is 0 Å². The fraction of sp³-hybridized carbons (Fsp3) is 0.167. The van der Waals surface area contributed by atoms with Gasteiger partial charge in [-0.2, -0.15) is 0 Å². The van der Waals surface area contributed by atoms with Gasteiger partial charge in [0, 0.05) is 23.7 Å². The van der Waals surface area contributed by atoms with Crippen LogP contribution in [0.15, 0.2) is 48.7 Å². The first-order valence-corrected chi connectivity index (χ1v) is 6.80. The minimum Gasteiger partial charge on any atom is -0.361 e. The largest absolute Gasteiger partial charge is 0.361 e. The molecule has 0 fully saturated rings. The number of aryl methyl sites for hydroxylation is 2. The van der Waals surface area contributed by atoms with Gasteiger partial charge in [0.2, 0.25) is 0 Å². The van der Waals surface area contributed by atoms with Crippen LogP contribution >= 0.6 is 0 Å². The standard InChI is InChI=1S/C18H17NO/c1-12-3-5-16(9-13(12)2)18(20)11-14-4-6-17-15(10-14)7-8-19-17/h3-10,19H,11H2,1-2H3. The average molecular weight is 263 g/mol. The lowest BCUT2D eigenvalue weighted by Gasteiger charge is -2.05. The van der Waals surface area contributed by atoms with Crippen molar-refractivity contribution < 1.29 is 4.79 Å². The van der Waals surface area contributed by atoms with Crippen molar-refractivity contribution in [3.63, 3.8) is 0 Å². The topological polar surface area (TPSA) is 32.9 Å². The maximum Gasteiger partial charge on any atom is 0.167 e. The van der Waals surface area contributed by atoms with E-state index in [1.165, 1.54) is 5.56 Å². The molecule has 0 aliphatic heterocycles. The molecule has 0 spiro atoms. The third-order valence-corrected chi connectivity index (χ3v) is 3.81. The molecule has 1 aromatic heterocycles. The molecule has 0 atom stereocenters. The Bertz CT molecular complexity index is 783. The number of fused-ring (bicyclic) bond motifs is 1. The molecule has 2 aromatic carbocycles. The van der Waals surface area contributed by atoms with Crippen molar-refractivity contribution in [2.75, 3.05) is 0 Å². The molecule has 0 saturated heterocycles. The van der Waals surface area contributed by atoms with Gasteiger partial charge in [-0.3, -0.25) is 4.79 Å². The van der Waals surface area contributed by atoms with Gasteiger partial charge >= 0.3 is 0 Å². The second kappa shape index (κ2) is 4.97. The fourth-order valence-electron chi connectivity index (χ4n) is 2.42. The maximum atomic E-state index is 12.3. The number of aromatic amines is 1. The molecule has 0 radical (unpaired) electrons. The lowest BCUT2D eigenvalue weighted by atomic mass is 9.99. The number of rotatable bonds is 3. The molecule has 0 aliphatic carbocycles. The quantitative estimate of drug-likeness (QED) is 0.705. The number of nitrogens with one attached hydrogen (secondary N) is 1. The number of aromatic nitrogens is 1. The summed E-state index contributed by atoms with van der Waals surface area (Å²) in [5.74, 6) is 0.169. The van der Waals surface area contributed by atoms with Gasteiger partial charge < -0.3 is 4.98 Å². The van der Waals surface area contributed by atoms with Gasteiger partial charge in [0.15, 0.2) is 5.78 Å². The van der Waals surface area contributed by atoms with Crippen LogP contribution < -0.4 is 0 Å². The van der Waals surface area contributed by atoms with Gasteiger partial charge in [-0.05, 0) is 60.2 Å². The van der Waals surface area contributed by atoms with Gasteiger partial charge in [0.1, 0.15) is 0 Å². The normalized spacial score (nSPS) is 10.9. The van der Waals surface area contributed by atoms with Crippen LogP contribution in [0, 0.1) is 13.8 Å². The summed E-state index contributed by atoms with van der Waals surface area (Å²) in [6.45, 7) is 4.10. The summed E-state index contributed by atoms with van der Waals surface area (Å²) in [6, 6.07) is 14.0. The Morgan fingerprint density at radius 1 is 1.00 bits per heavy atom. The molecule has 100 valence electrons. The molecular weight excluding hydrogens is 246 g/mol. The van der Waals surface area contributed by atoms with Crippen molar-refractivity contribution in [3.8, 4) is 0 Å². The van der Waals surface area contributed by atoms with Crippen molar-refractivity contribution in [1.29, 1.82) is 0 Å². The van der Waals surface area contributed by atoms with Gasteiger partial charge in [0.25, 0.3) is 0 Å². The average Bonchev–Trinajstić information content (AvgIpc) is 2.89. The number of benzene rings is 2. The number of hydrogen-bond donors (Lipinski definition) is 1. The van der Waals surface area contributed by atoms with E-state index in [1.54, 1.807) is 0 Å². The Hall–Kier alpha value is -2.35. The van der Waals surface area contributed by atoms with Crippen molar-refractivity contribution >= 4 is 16.7 Å². The number of hydrogen-bond acceptors (Lipinski definition) is 1. The fourth-order valence-corrected chi connectivity index (χ4v) is 2.42. The number of Topliss-reactive ketones (excluding diaryl/α,β-unsaturated/α-hetero) is 1. The summed E-state index contributed by atoms with van der Waals surface area (Å²) in [7, 11) is 0. The molecule has 0 unspecified atom stereocenters. The van der Waals surface area contributed by atoms with Crippen LogP contribution in [-0.4, -0.2) is 10.8 Å². The molecule has 0 saturated carbocycles. The number of carbonyl (C=O) groups is 1. The van der Waals surface area contributed by atoms with E-state index in [0.29, 0.717) is 6.42 Å². The van der Waals surface area contributed by atoms with E-state index in [2.05, 4.69) is 18.0 Å². The molecular formula is C18H17NO. The summed E-state index contributed by atoms with van der Waals surface area (Å²) in [5.41, 5.74) is 5.34. The monoisotopic (exact) mass is 263 g/mol. The summed E-state index contributed by atoms with van der Waals surface area (Å²) in [6.07, 6.45) is 2.36. The van der Waals surface area contributed by atoms with Gasteiger partial charge in [-0.15, -0.1) is 0 Å². The lowest BCUT2D eigenvalue weighted by molar-refractivity contribution is 0.0993. The third kappa shape index (κ3) is 2.37. The van der Waals surface area contributed by atoms with Crippen molar-refractivity contribution in [3.05, 3.63) is 70.9 Å². The Balaban J connectivity index is 1.85. The van der Waals surface area contributed by atoms with Gasteiger partial charge in [-0.25, -0.2) is 0 Å². The van der Waals surface area contributed by atoms with Crippen LogP contribution in [0.5, 0.6) is 0 Å². The van der Waals surface area contributed by atoms with Crippen molar-refractivity contribution in [1.82, 2.24) is 4.98 Å². The molecule has 0 bridgehead atoms. The number of carbonyl (C=O) groups excluding carboxylic acids is 1. The Morgan fingerprint density at radius 2 is 1.85 bits per heavy atom. The van der Waals surface area contributed by atoms with E-state index in [1.807, 2.05) is 49.5 Å². The minimum atomic E-state index is 0.169. The Labute approximate surface area is 118 Å². The smallest absolute Gasteiger partial charge is 0.167 e. The number of H-pyrrole nitrogens is 1. The molecule has 0 amide bonds. The first kappa shape index (κ1) is 12.7. The molecule has 2 heteroatoms. The van der Waals surface area contributed by atoms with Crippen LogP contribution in [0.25, 0.3) is 10.9 Å². The highest BCUT2D eigenvalue weighted by Crippen LogP contribution is 2.17. The van der Waals surface area contributed by atoms with Crippen LogP contribution in [0.1, 0.15) is 27.0 Å². The second-order valence-corrected chi connectivity index (χ2v) is 5.30.